The van der Waals surface area contributed by atoms with Crippen molar-refractivity contribution in [3.63, 3.8) is 0 Å². The Morgan fingerprint density at radius 3 is 2.41 bits per heavy atom. The van der Waals surface area contributed by atoms with Gasteiger partial charge in [-0.2, -0.15) is 0 Å². The first kappa shape index (κ1) is 12.6. The molecule has 1 aliphatic rings. The number of benzene rings is 1. The summed E-state index contributed by atoms with van der Waals surface area (Å²) < 4.78 is 5.68. The van der Waals surface area contributed by atoms with Crippen molar-refractivity contribution in [3.8, 4) is 0 Å². The van der Waals surface area contributed by atoms with Crippen molar-refractivity contribution < 1.29 is 4.74 Å². The molecule has 2 rings (SSSR count). The zero-order valence-electron chi connectivity index (χ0n) is 11.7. The van der Waals surface area contributed by atoms with Crippen LogP contribution in [0.4, 0.5) is 0 Å². The van der Waals surface area contributed by atoms with Gasteiger partial charge < -0.3 is 4.74 Å². The Bertz CT molecular complexity index is 404. The minimum atomic E-state index is 0.539. The molecule has 1 atom stereocenters. The van der Waals surface area contributed by atoms with Gasteiger partial charge in [0.15, 0.2) is 0 Å². The van der Waals surface area contributed by atoms with Crippen LogP contribution in [-0.2, 0) is 11.3 Å². The average molecular weight is 232 g/mol. The lowest BCUT2D eigenvalue weighted by Crippen LogP contribution is -2.18. The fraction of sp³-hybridized carbons (Fsp3) is 0.625. The number of fused-ring (bicyclic) bond motifs is 1. The molecule has 0 spiro atoms. The van der Waals surface area contributed by atoms with Gasteiger partial charge in [0.25, 0.3) is 0 Å². The predicted octanol–water partition coefficient (Wildman–Crippen LogP) is 4.57. The lowest BCUT2D eigenvalue weighted by molar-refractivity contribution is 0.0945. The third-order valence-electron chi connectivity index (χ3n) is 3.73. The molecule has 1 heterocycles. The van der Waals surface area contributed by atoms with Crippen molar-refractivity contribution in [2.24, 2.45) is 0 Å². The summed E-state index contributed by atoms with van der Waals surface area (Å²) in [5.74, 6) is 1.73. The van der Waals surface area contributed by atoms with Crippen LogP contribution in [0.2, 0.25) is 0 Å². The Labute approximate surface area is 105 Å². The highest BCUT2D eigenvalue weighted by molar-refractivity contribution is 5.44. The Kier molecular flexibility index (Phi) is 3.58. The van der Waals surface area contributed by atoms with Crippen LogP contribution in [0, 0.1) is 0 Å². The van der Waals surface area contributed by atoms with Crippen LogP contribution in [0.3, 0.4) is 0 Å². The maximum absolute atomic E-state index is 5.68. The zero-order chi connectivity index (χ0) is 12.6. The Morgan fingerprint density at radius 2 is 1.82 bits per heavy atom. The monoisotopic (exact) mass is 232 g/mol. The summed E-state index contributed by atoms with van der Waals surface area (Å²) in [7, 11) is 0. The van der Waals surface area contributed by atoms with Gasteiger partial charge in [-0.15, -0.1) is 0 Å². The molecule has 0 amide bonds. The summed E-state index contributed by atoms with van der Waals surface area (Å²) in [6, 6.07) is 4.76. The summed E-state index contributed by atoms with van der Waals surface area (Å²) in [5, 5.41) is 0. The number of hydrogen-bond donors (Lipinski definition) is 0. The molecular weight excluding hydrogens is 208 g/mol. The van der Waals surface area contributed by atoms with Crippen molar-refractivity contribution >= 4 is 0 Å². The summed E-state index contributed by atoms with van der Waals surface area (Å²) in [6.45, 7) is 13.0. The van der Waals surface area contributed by atoms with E-state index in [4.69, 9.17) is 4.74 Å². The van der Waals surface area contributed by atoms with Crippen molar-refractivity contribution in [2.75, 3.05) is 6.61 Å². The Morgan fingerprint density at radius 1 is 1.12 bits per heavy atom. The van der Waals surface area contributed by atoms with Crippen LogP contribution in [0.1, 0.15) is 74.6 Å². The molecule has 0 fully saturated rings. The minimum Gasteiger partial charge on any atom is -0.376 e. The molecule has 0 saturated carbocycles. The highest BCUT2D eigenvalue weighted by Gasteiger charge is 2.22. The Hall–Kier alpha value is -0.820. The molecule has 1 heteroatoms. The van der Waals surface area contributed by atoms with Crippen LogP contribution < -0.4 is 0 Å². The fourth-order valence-electron chi connectivity index (χ4n) is 2.72. The molecule has 0 aliphatic carbocycles. The predicted molar refractivity (Wildman–Crippen MR) is 72.7 cm³/mol. The van der Waals surface area contributed by atoms with E-state index in [1.54, 1.807) is 5.56 Å². The fourth-order valence-corrected chi connectivity index (χ4v) is 2.72. The first-order valence-electron chi connectivity index (χ1n) is 6.75. The van der Waals surface area contributed by atoms with Crippen LogP contribution in [0.5, 0.6) is 0 Å². The summed E-state index contributed by atoms with van der Waals surface area (Å²) in [6.07, 6.45) is 0. The maximum atomic E-state index is 5.68. The minimum absolute atomic E-state index is 0.539. The molecule has 0 saturated heterocycles. The lowest BCUT2D eigenvalue weighted by atomic mass is 9.82. The van der Waals surface area contributed by atoms with E-state index in [1.165, 1.54) is 16.7 Å². The first-order chi connectivity index (χ1) is 8.00. The SMILES string of the molecule is CC(C)c1cc2c(c(C(C)C)c1)C(C)COC2. The summed E-state index contributed by atoms with van der Waals surface area (Å²) in [4.78, 5) is 0. The van der Waals surface area contributed by atoms with E-state index in [2.05, 4.69) is 46.8 Å². The van der Waals surface area contributed by atoms with Crippen LogP contribution >= 0.6 is 0 Å². The maximum Gasteiger partial charge on any atom is 0.0720 e. The topological polar surface area (TPSA) is 9.23 Å². The van der Waals surface area contributed by atoms with E-state index in [0.29, 0.717) is 17.8 Å². The largest absolute Gasteiger partial charge is 0.376 e. The van der Waals surface area contributed by atoms with E-state index in [-0.39, 0.29) is 0 Å². The molecule has 17 heavy (non-hydrogen) atoms. The van der Waals surface area contributed by atoms with Gasteiger partial charge in [-0.25, -0.2) is 0 Å². The average Bonchev–Trinajstić information content (AvgIpc) is 2.27. The molecule has 0 radical (unpaired) electrons. The van der Waals surface area contributed by atoms with Crippen molar-refractivity contribution in [1.29, 1.82) is 0 Å². The molecule has 0 bridgehead atoms. The standard InChI is InChI=1S/C16H24O/c1-10(2)13-6-14-9-17-8-12(5)16(14)15(7-13)11(3)4/h6-7,10-12H,8-9H2,1-5H3. The van der Waals surface area contributed by atoms with Crippen molar-refractivity contribution in [1.82, 2.24) is 0 Å². The van der Waals surface area contributed by atoms with Gasteiger partial charge in [-0.05, 0) is 34.1 Å². The molecular formula is C16H24O. The second-order valence-electron chi connectivity index (χ2n) is 5.91. The van der Waals surface area contributed by atoms with Gasteiger partial charge in [0.05, 0.1) is 13.2 Å². The second-order valence-corrected chi connectivity index (χ2v) is 5.91. The molecule has 94 valence electrons. The second kappa shape index (κ2) is 4.81. The van der Waals surface area contributed by atoms with Gasteiger partial charge >= 0.3 is 0 Å². The molecule has 1 unspecified atom stereocenters. The van der Waals surface area contributed by atoms with E-state index in [0.717, 1.165) is 13.2 Å². The smallest absolute Gasteiger partial charge is 0.0720 e. The van der Waals surface area contributed by atoms with Gasteiger partial charge in [-0.3, -0.25) is 0 Å². The van der Waals surface area contributed by atoms with E-state index in [1.807, 2.05) is 0 Å². The van der Waals surface area contributed by atoms with E-state index >= 15 is 0 Å². The van der Waals surface area contributed by atoms with Crippen LogP contribution in [0.15, 0.2) is 12.1 Å². The molecule has 1 aromatic carbocycles. The number of hydrogen-bond acceptors (Lipinski definition) is 1. The van der Waals surface area contributed by atoms with Crippen molar-refractivity contribution in [3.05, 3.63) is 34.4 Å². The van der Waals surface area contributed by atoms with Gasteiger partial charge in [0.1, 0.15) is 0 Å². The quantitative estimate of drug-likeness (QED) is 0.726. The lowest BCUT2D eigenvalue weighted by Gasteiger charge is -2.28. The highest BCUT2D eigenvalue weighted by Crippen LogP contribution is 2.35. The first-order valence-corrected chi connectivity index (χ1v) is 6.75. The molecule has 0 N–H and O–H groups in total. The molecule has 1 aromatic rings. The van der Waals surface area contributed by atoms with Gasteiger partial charge in [0.2, 0.25) is 0 Å². The summed E-state index contributed by atoms with van der Waals surface area (Å²) in [5.41, 5.74) is 5.95. The third-order valence-corrected chi connectivity index (χ3v) is 3.73. The number of ether oxygens (including phenoxy) is 1. The van der Waals surface area contributed by atoms with Gasteiger partial charge in [0, 0.05) is 5.92 Å². The zero-order valence-corrected chi connectivity index (χ0v) is 11.7. The van der Waals surface area contributed by atoms with Crippen LogP contribution in [0.25, 0.3) is 0 Å². The van der Waals surface area contributed by atoms with E-state index in [9.17, 15) is 0 Å². The highest BCUT2D eigenvalue weighted by atomic mass is 16.5. The molecule has 1 aliphatic heterocycles. The molecule has 0 aromatic heterocycles. The normalized spacial score (nSPS) is 19.8. The summed E-state index contributed by atoms with van der Waals surface area (Å²) >= 11 is 0. The number of rotatable bonds is 2. The van der Waals surface area contributed by atoms with E-state index < -0.39 is 0 Å². The van der Waals surface area contributed by atoms with Crippen molar-refractivity contribution in [2.45, 2.75) is 59.0 Å². The molecule has 1 nitrogen and oxygen atoms in total. The third kappa shape index (κ3) is 2.40. The Balaban J connectivity index is 2.58. The van der Waals surface area contributed by atoms with Gasteiger partial charge in [-0.1, -0.05) is 46.8 Å². The van der Waals surface area contributed by atoms with Crippen LogP contribution in [-0.4, -0.2) is 6.61 Å².